The number of aliphatic hydroxyl groups is 1. The van der Waals surface area contributed by atoms with Gasteiger partial charge in [-0.25, -0.2) is 0 Å². The van der Waals surface area contributed by atoms with E-state index in [1.165, 1.54) is 0 Å². The average Bonchev–Trinajstić information content (AvgIpc) is 2.94. The highest BCUT2D eigenvalue weighted by molar-refractivity contribution is 7.63. The predicted molar refractivity (Wildman–Crippen MR) is 105 cm³/mol. The third-order valence-electron chi connectivity index (χ3n) is 3.88. The Kier molecular flexibility index (Phi) is 6.06. The van der Waals surface area contributed by atoms with Crippen molar-refractivity contribution in [2.45, 2.75) is 20.0 Å². The summed E-state index contributed by atoms with van der Waals surface area (Å²) in [7, 11) is -3.16. The van der Waals surface area contributed by atoms with E-state index in [9.17, 15) is 9.67 Å². The fourth-order valence-corrected chi connectivity index (χ4v) is 5.27. The molecule has 0 aromatic heterocycles. The quantitative estimate of drug-likeness (QED) is 0.363. The van der Waals surface area contributed by atoms with Gasteiger partial charge in [0.1, 0.15) is 5.75 Å². The topological polar surface area (TPSA) is 46.5 Å². The molecule has 0 spiro atoms. The van der Waals surface area contributed by atoms with Crippen LogP contribution in [0.25, 0.3) is 0 Å². The molecule has 0 saturated carbocycles. The molecule has 25 heavy (non-hydrogen) atoms. The maximum Gasteiger partial charge on any atom is 0.282 e. The van der Waals surface area contributed by atoms with Gasteiger partial charge in [0, 0.05) is 11.1 Å². The zero-order valence-corrected chi connectivity index (χ0v) is 15.5. The maximum atomic E-state index is 13.6. The van der Waals surface area contributed by atoms with E-state index in [0.717, 1.165) is 5.56 Å². The highest BCUT2D eigenvalue weighted by Gasteiger charge is 2.39. The first-order chi connectivity index (χ1) is 12.0. The summed E-state index contributed by atoms with van der Waals surface area (Å²) >= 11 is 0. The third-order valence-corrected chi connectivity index (χ3v) is 6.26. The van der Waals surface area contributed by atoms with Crippen molar-refractivity contribution in [2.75, 3.05) is 0 Å². The highest BCUT2D eigenvalue weighted by Crippen LogP contribution is 2.65. The van der Waals surface area contributed by atoms with E-state index >= 15 is 0 Å². The zero-order chi connectivity index (χ0) is 18.4. The summed E-state index contributed by atoms with van der Waals surface area (Å²) in [6.45, 7) is 10.8. The van der Waals surface area contributed by atoms with Gasteiger partial charge >= 0.3 is 0 Å². The Labute approximate surface area is 149 Å². The van der Waals surface area contributed by atoms with Crippen molar-refractivity contribution >= 4 is 7.37 Å². The van der Waals surface area contributed by atoms with Crippen LogP contribution in [0, 0.1) is 0 Å². The van der Waals surface area contributed by atoms with Gasteiger partial charge in [-0.3, -0.25) is 4.57 Å². The molecule has 3 nitrogen and oxygen atoms in total. The van der Waals surface area contributed by atoms with Gasteiger partial charge < -0.3 is 9.63 Å². The van der Waals surface area contributed by atoms with Gasteiger partial charge in [-0.05, 0) is 31.6 Å². The lowest BCUT2D eigenvalue weighted by Gasteiger charge is -2.20. The molecule has 1 unspecified atom stereocenters. The monoisotopic (exact) mass is 354 g/mol. The Bertz CT molecular complexity index is 821. The van der Waals surface area contributed by atoms with Crippen LogP contribution in [0.15, 0.2) is 96.1 Å². The number of allylic oxidation sites excluding steroid dienone is 10. The van der Waals surface area contributed by atoms with E-state index < -0.39 is 7.37 Å². The summed E-state index contributed by atoms with van der Waals surface area (Å²) < 4.78 is 19.5. The molecule has 1 aliphatic heterocycles. The van der Waals surface area contributed by atoms with Crippen molar-refractivity contribution in [2.24, 2.45) is 0 Å². The van der Waals surface area contributed by atoms with Gasteiger partial charge in [-0.1, -0.05) is 61.7 Å². The molecular formula is C21H23O3P. The fraction of sp³-hybridized carbons (Fsp3) is 0.143. The average molecular weight is 354 g/mol. The number of hydrogen-bond donors (Lipinski definition) is 1. The number of benzene rings is 1. The number of para-hydroxylation sites is 1. The van der Waals surface area contributed by atoms with Gasteiger partial charge in [-0.15, -0.1) is 0 Å². The van der Waals surface area contributed by atoms with Crippen molar-refractivity contribution in [3.05, 3.63) is 102 Å². The first-order valence-corrected chi connectivity index (χ1v) is 9.83. The van der Waals surface area contributed by atoms with Crippen LogP contribution in [-0.2, 0) is 10.7 Å². The molecule has 1 heterocycles. The fourth-order valence-electron chi connectivity index (χ4n) is 2.78. The second kappa shape index (κ2) is 8.04. The second-order valence-electron chi connectivity index (χ2n) is 5.61. The lowest BCUT2D eigenvalue weighted by atomic mass is 10.0. The minimum atomic E-state index is -3.16. The van der Waals surface area contributed by atoms with Crippen LogP contribution in [0.1, 0.15) is 19.4 Å². The molecule has 0 saturated heterocycles. The molecule has 1 N–H and O–H groups in total. The molecule has 1 atom stereocenters. The molecule has 2 rings (SSSR count). The first kappa shape index (κ1) is 18.8. The second-order valence-corrected chi connectivity index (χ2v) is 7.94. The molecule has 0 aliphatic carbocycles. The molecule has 0 amide bonds. The van der Waals surface area contributed by atoms with Crippen LogP contribution in [0.4, 0.5) is 0 Å². The van der Waals surface area contributed by atoms with E-state index in [1.807, 2.05) is 37.3 Å². The lowest BCUT2D eigenvalue weighted by Crippen LogP contribution is -2.00. The number of hydrogen-bond acceptors (Lipinski definition) is 3. The van der Waals surface area contributed by atoms with Crippen LogP contribution in [-0.4, -0.2) is 5.11 Å². The first-order valence-electron chi connectivity index (χ1n) is 8.02. The molecule has 0 fully saturated rings. The van der Waals surface area contributed by atoms with Crippen LogP contribution in [0.2, 0.25) is 0 Å². The Balaban J connectivity index is 2.55. The summed E-state index contributed by atoms with van der Waals surface area (Å²) in [5.74, 6) is 0.772. The molecule has 4 heteroatoms. The minimum Gasteiger partial charge on any atom is -0.512 e. The smallest absolute Gasteiger partial charge is 0.282 e. The van der Waals surface area contributed by atoms with Crippen LogP contribution >= 0.6 is 7.37 Å². The molecular weight excluding hydrogens is 331 g/mol. The van der Waals surface area contributed by atoms with Gasteiger partial charge in [0.15, 0.2) is 0 Å². The van der Waals surface area contributed by atoms with E-state index in [2.05, 4.69) is 13.2 Å². The third kappa shape index (κ3) is 3.94. The SMILES string of the molecule is C=C\C=C/C(C(=C/C)/C(=C\C=C)P1(=O)Cc2ccccc2O1)=C(\C)O. The zero-order valence-electron chi connectivity index (χ0n) is 14.6. The maximum absolute atomic E-state index is 13.6. The summed E-state index contributed by atoms with van der Waals surface area (Å²) in [6, 6.07) is 7.50. The molecule has 0 radical (unpaired) electrons. The molecule has 0 bridgehead atoms. The largest absolute Gasteiger partial charge is 0.512 e. The van der Waals surface area contributed by atoms with E-state index in [0.29, 0.717) is 28.4 Å². The Morgan fingerprint density at radius 1 is 1.28 bits per heavy atom. The van der Waals surface area contributed by atoms with Crippen molar-refractivity contribution in [3.8, 4) is 5.75 Å². The predicted octanol–water partition coefficient (Wildman–Crippen LogP) is 6.45. The Morgan fingerprint density at radius 2 is 2.00 bits per heavy atom. The Hall–Kier alpha value is -2.51. The lowest BCUT2D eigenvalue weighted by molar-refractivity contribution is 0.410. The summed E-state index contributed by atoms with van der Waals surface area (Å²) in [5, 5.41) is 10.7. The van der Waals surface area contributed by atoms with E-state index in [4.69, 9.17) is 4.52 Å². The van der Waals surface area contributed by atoms with E-state index in [1.54, 1.807) is 37.3 Å². The van der Waals surface area contributed by atoms with Gasteiger partial charge in [-0.2, -0.15) is 0 Å². The highest BCUT2D eigenvalue weighted by atomic mass is 31.2. The summed E-state index contributed by atoms with van der Waals surface area (Å²) in [5.41, 5.74) is 2.16. The molecule has 1 aliphatic rings. The molecule has 1 aromatic rings. The Morgan fingerprint density at radius 3 is 2.56 bits per heavy atom. The van der Waals surface area contributed by atoms with Crippen molar-refractivity contribution < 1.29 is 14.2 Å². The van der Waals surface area contributed by atoms with Crippen molar-refractivity contribution in [1.29, 1.82) is 0 Å². The van der Waals surface area contributed by atoms with Gasteiger partial charge in [0.05, 0.1) is 17.2 Å². The summed E-state index contributed by atoms with van der Waals surface area (Å²) in [6.07, 6.45) is 10.5. The number of fused-ring (bicyclic) bond motifs is 1. The van der Waals surface area contributed by atoms with Crippen molar-refractivity contribution in [3.63, 3.8) is 0 Å². The summed E-state index contributed by atoms with van der Waals surface area (Å²) in [4.78, 5) is 0. The van der Waals surface area contributed by atoms with Crippen LogP contribution < -0.4 is 4.52 Å². The van der Waals surface area contributed by atoms with Gasteiger partial charge in [0.25, 0.3) is 7.37 Å². The standard InChI is InChI=1S/C21H23O3P/c1-5-8-13-19(16(4)22)18(7-3)21(11-6-2)25(23)15-17-12-9-10-14-20(17)24-25/h5-14,22H,1-2,15H2,3-4H3/b13-8-,18-7-,19-16-,21-11+. The minimum absolute atomic E-state index is 0.129. The number of aliphatic hydroxyl groups excluding tert-OH is 1. The molecule has 1 aromatic carbocycles. The number of rotatable bonds is 6. The normalized spacial score (nSPS) is 21.5. The molecule has 130 valence electrons. The van der Waals surface area contributed by atoms with Crippen LogP contribution in [0.5, 0.6) is 5.75 Å². The van der Waals surface area contributed by atoms with Crippen LogP contribution in [0.3, 0.4) is 0 Å². The van der Waals surface area contributed by atoms with Gasteiger partial charge in [0.2, 0.25) is 0 Å². The van der Waals surface area contributed by atoms with E-state index in [-0.39, 0.29) is 5.76 Å². The van der Waals surface area contributed by atoms with Crippen molar-refractivity contribution in [1.82, 2.24) is 0 Å².